The average Bonchev–Trinajstić information content (AvgIpc) is 2.53. The van der Waals surface area contributed by atoms with Crippen molar-refractivity contribution in [2.24, 2.45) is 0 Å². The number of benzene rings is 2. The van der Waals surface area contributed by atoms with Crippen LogP contribution in [0.15, 0.2) is 41.3 Å². The summed E-state index contributed by atoms with van der Waals surface area (Å²) in [4.78, 5) is 0.316. The lowest BCUT2D eigenvalue weighted by Gasteiger charge is -2.13. The van der Waals surface area contributed by atoms with Crippen LogP contribution in [-0.2, 0) is 16.4 Å². The van der Waals surface area contributed by atoms with Crippen molar-refractivity contribution in [3.05, 3.63) is 58.7 Å². The number of rotatable bonds is 7. The lowest BCUT2D eigenvalue weighted by molar-refractivity contribution is 0.411. The molecule has 0 saturated carbocycles. The lowest BCUT2D eigenvalue weighted by Crippen LogP contribution is -2.26. The van der Waals surface area contributed by atoms with E-state index in [4.69, 9.17) is 4.74 Å². The summed E-state index contributed by atoms with van der Waals surface area (Å²) in [7, 11) is -1.92. The van der Waals surface area contributed by atoms with Gasteiger partial charge in [0.25, 0.3) is 0 Å². The molecule has 24 heavy (non-hydrogen) atoms. The molecule has 0 radical (unpaired) electrons. The van der Waals surface area contributed by atoms with Crippen molar-refractivity contribution in [2.45, 2.75) is 38.5 Å². The Labute approximate surface area is 144 Å². The minimum atomic E-state index is -3.51. The van der Waals surface area contributed by atoms with Crippen LogP contribution in [0.3, 0.4) is 0 Å². The predicted octanol–water partition coefficient (Wildman–Crippen LogP) is 3.53. The molecule has 0 aliphatic heterocycles. The lowest BCUT2D eigenvalue weighted by atomic mass is 10.1. The zero-order valence-corrected chi connectivity index (χ0v) is 15.5. The summed E-state index contributed by atoms with van der Waals surface area (Å²) >= 11 is 0. The predicted molar refractivity (Wildman–Crippen MR) is 97.2 cm³/mol. The van der Waals surface area contributed by atoms with E-state index in [1.165, 1.54) is 11.1 Å². The number of aryl methyl sites for hydroxylation is 4. The normalized spacial score (nSPS) is 11.5. The SMILES string of the molecule is COc1cc(C)c(S(=O)(=O)NCCCc2cccc(C)c2)cc1C. The first-order valence-electron chi connectivity index (χ1n) is 8.04. The fraction of sp³-hybridized carbons (Fsp3) is 0.368. The largest absolute Gasteiger partial charge is 0.496 e. The minimum Gasteiger partial charge on any atom is -0.496 e. The van der Waals surface area contributed by atoms with E-state index in [1.807, 2.05) is 13.0 Å². The first-order chi connectivity index (χ1) is 11.3. The molecule has 4 nitrogen and oxygen atoms in total. The van der Waals surface area contributed by atoms with Gasteiger partial charge in [0, 0.05) is 6.54 Å². The summed E-state index contributed by atoms with van der Waals surface area (Å²) in [6.45, 7) is 6.10. The Morgan fingerprint density at radius 2 is 1.79 bits per heavy atom. The zero-order chi connectivity index (χ0) is 17.7. The van der Waals surface area contributed by atoms with Gasteiger partial charge in [-0.25, -0.2) is 13.1 Å². The van der Waals surface area contributed by atoms with Crippen LogP contribution in [0.4, 0.5) is 0 Å². The molecule has 0 aromatic heterocycles. The molecule has 0 spiro atoms. The second kappa shape index (κ2) is 7.81. The summed E-state index contributed by atoms with van der Waals surface area (Å²) in [6.07, 6.45) is 1.61. The Hall–Kier alpha value is -1.85. The quantitative estimate of drug-likeness (QED) is 0.780. The van der Waals surface area contributed by atoms with Crippen LogP contribution in [0.5, 0.6) is 5.75 Å². The van der Waals surface area contributed by atoms with Gasteiger partial charge in [0.05, 0.1) is 12.0 Å². The minimum absolute atomic E-state index is 0.316. The van der Waals surface area contributed by atoms with Gasteiger partial charge in [-0.15, -0.1) is 0 Å². The van der Waals surface area contributed by atoms with Crippen molar-refractivity contribution in [3.8, 4) is 5.75 Å². The van der Waals surface area contributed by atoms with Gasteiger partial charge in [-0.3, -0.25) is 0 Å². The number of methoxy groups -OCH3 is 1. The molecule has 0 atom stereocenters. The highest BCUT2D eigenvalue weighted by atomic mass is 32.2. The number of nitrogens with one attached hydrogen (secondary N) is 1. The van der Waals surface area contributed by atoms with Gasteiger partial charge in [0.15, 0.2) is 0 Å². The smallest absolute Gasteiger partial charge is 0.240 e. The molecule has 2 rings (SSSR count). The van der Waals surface area contributed by atoms with E-state index < -0.39 is 10.0 Å². The van der Waals surface area contributed by atoms with E-state index in [9.17, 15) is 8.42 Å². The van der Waals surface area contributed by atoms with Crippen molar-refractivity contribution < 1.29 is 13.2 Å². The van der Waals surface area contributed by atoms with Gasteiger partial charge in [-0.2, -0.15) is 0 Å². The molecule has 2 aromatic carbocycles. The molecule has 0 amide bonds. The summed E-state index contributed by atoms with van der Waals surface area (Å²) in [5, 5.41) is 0. The first-order valence-corrected chi connectivity index (χ1v) is 9.52. The summed E-state index contributed by atoms with van der Waals surface area (Å²) < 4.78 is 33.0. The molecule has 0 heterocycles. The van der Waals surface area contributed by atoms with E-state index in [1.54, 1.807) is 26.2 Å². The number of hydrogen-bond donors (Lipinski definition) is 1. The Kier molecular flexibility index (Phi) is 6.02. The molecule has 0 fully saturated rings. The summed E-state index contributed by atoms with van der Waals surface area (Å²) in [5.74, 6) is 0.700. The standard InChI is InChI=1S/C19H25NO3S/c1-14-7-5-8-17(11-14)9-6-10-20-24(21,22)19-13-15(2)18(23-4)12-16(19)3/h5,7-8,11-13,20H,6,9-10H2,1-4H3. The summed E-state index contributed by atoms with van der Waals surface area (Å²) in [5.41, 5.74) is 3.94. The van der Waals surface area contributed by atoms with Crippen LogP contribution in [0.25, 0.3) is 0 Å². The monoisotopic (exact) mass is 347 g/mol. The number of sulfonamides is 1. The highest BCUT2D eigenvalue weighted by Gasteiger charge is 2.18. The molecule has 0 unspecified atom stereocenters. The maximum absolute atomic E-state index is 12.5. The van der Waals surface area contributed by atoms with Gasteiger partial charge in [0.2, 0.25) is 10.0 Å². The Bertz CT molecular complexity index is 813. The van der Waals surface area contributed by atoms with Crippen LogP contribution >= 0.6 is 0 Å². The first kappa shape index (κ1) is 18.5. The Balaban J connectivity index is 2.00. The number of hydrogen-bond acceptors (Lipinski definition) is 3. The van der Waals surface area contributed by atoms with Crippen molar-refractivity contribution >= 4 is 10.0 Å². The van der Waals surface area contributed by atoms with Gasteiger partial charge in [-0.05, 0) is 62.4 Å². The van der Waals surface area contributed by atoms with E-state index in [2.05, 4.69) is 29.8 Å². The molecule has 0 aliphatic carbocycles. The van der Waals surface area contributed by atoms with Crippen LogP contribution in [0, 0.1) is 20.8 Å². The molecule has 5 heteroatoms. The van der Waals surface area contributed by atoms with Crippen molar-refractivity contribution in [1.29, 1.82) is 0 Å². The molecule has 0 bridgehead atoms. The van der Waals surface area contributed by atoms with E-state index >= 15 is 0 Å². The third-order valence-corrected chi connectivity index (χ3v) is 5.60. The van der Waals surface area contributed by atoms with Crippen molar-refractivity contribution in [3.63, 3.8) is 0 Å². The highest BCUT2D eigenvalue weighted by molar-refractivity contribution is 7.89. The Morgan fingerprint density at radius 3 is 2.46 bits per heavy atom. The second-order valence-electron chi connectivity index (χ2n) is 6.08. The Morgan fingerprint density at radius 1 is 1.04 bits per heavy atom. The topological polar surface area (TPSA) is 55.4 Å². The maximum atomic E-state index is 12.5. The summed E-state index contributed by atoms with van der Waals surface area (Å²) in [6, 6.07) is 11.7. The van der Waals surface area contributed by atoms with Crippen LogP contribution in [0.1, 0.15) is 28.7 Å². The molecule has 0 aliphatic rings. The van der Waals surface area contributed by atoms with Gasteiger partial charge in [0.1, 0.15) is 5.75 Å². The zero-order valence-electron chi connectivity index (χ0n) is 14.7. The van der Waals surface area contributed by atoms with E-state index in [0.29, 0.717) is 22.8 Å². The fourth-order valence-corrected chi connectivity index (χ4v) is 4.10. The average molecular weight is 347 g/mol. The molecule has 0 saturated heterocycles. The van der Waals surface area contributed by atoms with Crippen LogP contribution < -0.4 is 9.46 Å². The highest BCUT2D eigenvalue weighted by Crippen LogP contribution is 2.25. The second-order valence-corrected chi connectivity index (χ2v) is 7.81. The molecule has 2 aromatic rings. The molecule has 1 N–H and O–H groups in total. The molecular weight excluding hydrogens is 322 g/mol. The van der Waals surface area contributed by atoms with Crippen LogP contribution in [0.2, 0.25) is 0 Å². The van der Waals surface area contributed by atoms with Gasteiger partial charge < -0.3 is 4.74 Å². The van der Waals surface area contributed by atoms with E-state index in [-0.39, 0.29) is 0 Å². The van der Waals surface area contributed by atoms with Crippen molar-refractivity contribution in [2.75, 3.05) is 13.7 Å². The third-order valence-electron chi connectivity index (χ3n) is 4.00. The van der Waals surface area contributed by atoms with Gasteiger partial charge >= 0.3 is 0 Å². The third kappa shape index (κ3) is 4.58. The number of ether oxygens (including phenoxy) is 1. The van der Waals surface area contributed by atoms with Gasteiger partial charge in [-0.1, -0.05) is 29.8 Å². The van der Waals surface area contributed by atoms with E-state index in [0.717, 1.165) is 18.4 Å². The molecular formula is C19H25NO3S. The van der Waals surface area contributed by atoms with Crippen molar-refractivity contribution in [1.82, 2.24) is 4.72 Å². The van der Waals surface area contributed by atoms with Crippen LogP contribution in [-0.4, -0.2) is 22.1 Å². The maximum Gasteiger partial charge on any atom is 0.240 e. The molecule has 130 valence electrons. The fourth-order valence-electron chi connectivity index (χ4n) is 2.72.